The fourth-order valence-electron chi connectivity index (χ4n) is 3.63. The van der Waals surface area contributed by atoms with Crippen molar-refractivity contribution in [2.75, 3.05) is 31.2 Å². The molecule has 1 saturated heterocycles. The highest BCUT2D eigenvalue weighted by molar-refractivity contribution is 6.05. The number of ether oxygens (including phenoxy) is 1. The van der Waals surface area contributed by atoms with Crippen molar-refractivity contribution in [1.82, 2.24) is 4.57 Å². The second-order valence-electron chi connectivity index (χ2n) is 7.13. The highest BCUT2D eigenvalue weighted by Gasteiger charge is 2.22. The number of hydrogen-bond donors (Lipinski definition) is 1. The van der Waals surface area contributed by atoms with Gasteiger partial charge in [-0.2, -0.15) is 0 Å². The van der Waals surface area contributed by atoms with Crippen LogP contribution in [-0.4, -0.2) is 41.9 Å². The molecule has 6 heteroatoms. The van der Waals surface area contributed by atoms with E-state index in [1.165, 1.54) is 0 Å². The number of fused-ring (bicyclic) bond motifs is 2. The van der Waals surface area contributed by atoms with Gasteiger partial charge in [-0.15, -0.1) is 0 Å². The second-order valence-corrected chi connectivity index (χ2v) is 7.13. The average molecular weight is 366 g/mol. The van der Waals surface area contributed by atoms with Gasteiger partial charge in [-0.05, 0) is 18.2 Å². The Balaban J connectivity index is 2.10. The SMILES string of the molecule is CC(C)C(=O)n1c2ccccc2c(=O)c2c(O)cc(N3CCOCC3)cc21. The van der Waals surface area contributed by atoms with Crippen LogP contribution in [0.25, 0.3) is 21.8 Å². The minimum absolute atomic E-state index is 0.102. The van der Waals surface area contributed by atoms with Crippen LogP contribution in [0.5, 0.6) is 5.75 Å². The number of nitrogens with zero attached hydrogens (tertiary/aromatic N) is 2. The van der Waals surface area contributed by atoms with E-state index in [-0.39, 0.29) is 28.4 Å². The molecule has 0 amide bonds. The van der Waals surface area contributed by atoms with Crippen LogP contribution in [0.2, 0.25) is 0 Å². The number of pyridine rings is 1. The normalized spacial score (nSPS) is 15.0. The van der Waals surface area contributed by atoms with E-state index in [1.807, 2.05) is 26.0 Å². The quantitative estimate of drug-likeness (QED) is 0.706. The van der Waals surface area contributed by atoms with Crippen LogP contribution < -0.4 is 10.3 Å². The molecule has 0 radical (unpaired) electrons. The maximum atomic E-state index is 13.0. The summed E-state index contributed by atoms with van der Waals surface area (Å²) in [6, 6.07) is 10.5. The smallest absolute Gasteiger partial charge is 0.234 e. The molecule has 1 aliphatic rings. The number of benzene rings is 2. The fourth-order valence-corrected chi connectivity index (χ4v) is 3.63. The molecule has 27 heavy (non-hydrogen) atoms. The Bertz CT molecular complexity index is 1090. The van der Waals surface area contributed by atoms with Crippen molar-refractivity contribution in [2.45, 2.75) is 13.8 Å². The predicted octanol–water partition coefficient (Wildman–Crippen LogP) is 2.99. The second kappa shape index (κ2) is 6.70. The third-order valence-electron chi connectivity index (χ3n) is 5.03. The monoisotopic (exact) mass is 366 g/mol. The summed E-state index contributed by atoms with van der Waals surface area (Å²) in [6.07, 6.45) is 0. The first kappa shape index (κ1) is 17.5. The van der Waals surface area contributed by atoms with E-state index in [9.17, 15) is 14.7 Å². The van der Waals surface area contributed by atoms with Crippen molar-refractivity contribution >= 4 is 33.4 Å². The molecule has 0 aliphatic carbocycles. The van der Waals surface area contributed by atoms with E-state index in [1.54, 1.807) is 28.8 Å². The highest BCUT2D eigenvalue weighted by atomic mass is 16.5. The van der Waals surface area contributed by atoms with Crippen LogP contribution in [0, 0.1) is 5.92 Å². The van der Waals surface area contributed by atoms with Gasteiger partial charge in [0.25, 0.3) is 0 Å². The Kier molecular flexibility index (Phi) is 4.36. The van der Waals surface area contributed by atoms with Gasteiger partial charge in [0.2, 0.25) is 11.3 Å². The number of hydrogen-bond acceptors (Lipinski definition) is 5. The summed E-state index contributed by atoms with van der Waals surface area (Å²) in [6.45, 7) is 6.25. The zero-order valence-electron chi connectivity index (χ0n) is 15.4. The van der Waals surface area contributed by atoms with Crippen LogP contribution in [-0.2, 0) is 4.74 Å². The van der Waals surface area contributed by atoms with Crippen molar-refractivity contribution in [3.05, 3.63) is 46.6 Å². The van der Waals surface area contributed by atoms with Crippen LogP contribution in [0.3, 0.4) is 0 Å². The Labute approximate surface area is 156 Å². The van der Waals surface area contributed by atoms with Gasteiger partial charge < -0.3 is 14.7 Å². The maximum Gasteiger partial charge on any atom is 0.234 e. The minimum Gasteiger partial charge on any atom is -0.507 e. The van der Waals surface area contributed by atoms with Crippen molar-refractivity contribution in [3.8, 4) is 5.75 Å². The van der Waals surface area contributed by atoms with Crippen LogP contribution in [0.1, 0.15) is 18.6 Å². The topological polar surface area (TPSA) is 71.8 Å². The maximum absolute atomic E-state index is 13.0. The van der Waals surface area contributed by atoms with E-state index in [4.69, 9.17) is 4.74 Å². The van der Waals surface area contributed by atoms with Crippen molar-refractivity contribution in [2.24, 2.45) is 5.92 Å². The van der Waals surface area contributed by atoms with Crippen LogP contribution >= 0.6 is 0 Å². The van der Waals surface area contributed by atoms with E-state index in [0.717, 1.165) is 5.69 Å². The number of phenolic OH excluding ortho intramolecular Hbond substituents is 1. The number of morpholine rings is 1. The Morgan fingerprint density at radius 3 is 2.52 bits per heavy atom. The molecule has 140 valence electrons. The molecule has 3 aromatic rings. The number of para-hydroxylation sites is 1. The lowest BCUT2D eigenvalue weighted by Crippen LogP contribution is -2.36. The third kappa shape index (κ3) is 2.86. The summed E-state index contributed by atoms with van der Waals surface area (Å²) in [5, 5.41) is 11.3. The molecule has 0 spiro atoms. The van der Waals surface area contributed by atoms with Gasteiger partial charge in [0, 0.05) is 36.1 Å². The number of aromatic hydroxyl groups is 1. The molecule has 0 unspecified atom stereocenters. The van der Waals surface area contributed by atoms with E-state index < -0.39 is 0 Å². The number of carbonyl (C=O) groups is 1. The first-order valence-electron chi connectivity index (χ1n) is 9.16. The molecule has 2 heterocycles. The number of phenols is 1. The lowest BCUT2D eigenvalue weighted by molar-refractivity contribution is 0.0865. The van der Waals surface area contributed by atoms with Gasteiger partial charge in [-0.3, -0.25) is 14.2 Å². The molecule has 2 aromatic carbocycles. The summed E-state index contributed by atoms with van der Waals surface area (Å²) in [7, 11) is 0. The van der Waals surface area contributed by atoms with Crippen LogP contribution in [0.15, 0.2) is 41.2 Å². The molecule has 0 saturated carbocycles. The minimum atomic E-state index is -0.264. The summed E-state index contributed by atoms with van der Waals surface area (Å²) < 4.78 is 6.97. The van der Waals surface area contributed by atoms with E-state index >= 15 is 0 Å². The Morgan fingerprint density at radius 2 is 1.81 bits per heavy atom. The number of carbonyl (C=O) groups excluding carboxylic acids is 1. The van der Waals surface area contributed by atoms with E-state index in [0.29, 0.717) is 42.7 Å². The Morgan fingerprint density at radius 1 is 1.11 bits per heavy atom. The van der Waals surface area contributed by atoms with Gasteiger partial charge in [-0.1, -0.05) is 26.0 Å². The first-order valence-corrected chi connectivity index (χ1v) is 9.16. The molecule has 1 fully saturated rings. The van der Waals surface area contributed by atoms with Crippen LogP contribution in [0.4, 0.5) is 5.69 Å². The zero-order chi connectivity index (χ0) is 19.1. The molecular formula is C21H22N2O4. The standard InChI is InChI=1S/C21H22N2O4/c1-13(2)21(26)23-16-6-4-3-5-15(16)20(25)19-17(23)11-14(12-18(19)24)22-7-9-27-10-8-22/h3-6,11-13,24H,7-10H2,1-2H3. The molecule has 4 rings (SSSR count). The van der Waals surface area contributed by atoms with Crippen molar-refractivity contribution in [1.29, 1.82) is 0 Å². The van der Waals surface area contributed by atoms with Crippen molar-refractivity contribution < 1.29 is 14.6 Å². The van der Waals surface area contributed by atoms with Gasteiger partial charge in [0.15, 0.2) is 0 Å². The summed E-state index contributed by atoms with van der Waals surface area (Å²) in [5.41, 5.74) is 1.52. The van der Waals surface area contributed by atoms with Gasteiger partial charge in [0.1, 0.15) is 5.75 Å². The van der Waals surface area contributed by atoms with Gasteiger partial charge >= 0.3 is 0 Å². The fraction of sp³-hybridized carbons (Fsp3) is 0.333. The van der Waals surface area contributed by atoms with Gasteiger partial charge in [0.05, 0.1) is 29.6 Å². The van der Waals surface area contributed by atoms with Gasteiger partial charge in [-0.25, -0.2) is 0 Å². The molecule has 0 bridgehead atoms. The molecule has 0 atom stereocenters. The third-order valence-corrected chi connectivity index (χ3v) is 5.03. The highest BCUT2D eigenvalue weighted by Crippen LogP contribution is 2.32. The zero-order valence-corrected chi connectivity index (χ0v) is 15.4. The molecule has 1 aliphatic heterocycles. The average Bonchev–Trinajstić information content (AvgIpc) is 2.68. The lowest BCUT2D eigenvalue weighted by atomic mass is 10.1. The number of anilines is 1. The van der Waals surface area contributed by atoms with E-state index in [2.05, 4.69) is 4.90 Å². The lowest BCUT2D eigenvalue weighted by Gasteiger charge is -2.29. The molecule has 1 aromatic heterocycles. The molecule has 1 N–H and O–H groups in total. The first-order chi connectivity index (χ1) is 13.0. The Hall–Kier alpha value is -2.86. The number of aromatic nitrogens is 1. The number of rotatable bonds is 2. The molecular weight excluding hydrogens is 344 g/mol. The summed E-state index contributed by atoms with van der Waals surface area (Å²) in [5.74, 6) is -0.474. The van der Waals surface area contributed by atoms with Crippen molar-refractivity contribution in [3.63, 3.8) is 0 Å². The largest absolute Gasteiger partial charge is 0.507 e. The predicted molar refractivity (Wildman–Crippen MR) is 106 cm³/mol. The summed E-state index contributed by atoms with van der Waals surface area (Å²) in [4.78, 5) is 28.1. The molecule has 6 nitrogen and oxygen atoms in total. The summed E-state index contributed by atoms with van der Waals surface area (Å²) >= 11 is 0.